The van der Waals surface area contributed by atoms with Crippen molar-refractivity contribution in [2.24, 2.45) is 0 Å². The third-order valence-electron chi connectivity index (χ3n) is 11.4. The summed E-state index contributed by atoms with van der Waals surface area (Å²) in [5, 5.41) is 2.29. The van der Waals surface area contributed by atoms with Crippen LogP contribution in [0, 0.1) is 0 Å². The van der Waals surface area contributed by atoms with Crippen LogP contribution in [0.3, 0.4) is 0 Å². The Labute approximate surface area is 311 Å². The second kappa shape index (κ2) is 12.4. The maximum atomic E-state index is 6.15. The lowest BCUT2D eigenvalue weighted by atomic mass is 9.81. The van der Waals surface area contributed by atoms with Crippen LogP contribution in [0.15, 0.2) is 186 Å². The van der Waals surface area contributed by atoms with Crippen molar-refractivity contribution in [3.8, 4) is 33.4 Å². The Hall–Kier alpha value is -6.38. The van der Waals surface area contributed by atoms with Gasteiger partial charge in [-0.25, -0.2) is 0 Å². The van der Waals surface area contributed by atoms with Crippen LogP contribution >= 0.6 is 0 Å². The van der Waals surface area contributed by atoms with E-state index in [2.05, 4.69) is 183 Å². The van der Waals surface area contributed by atoms with E-state index in [4.69, 9.17) is 4.42 Å². The smallest absolute Gasteiger partial charge is 0.135 e. The molecule has 0 saturated carbocycles. The summed E-state index contributed by atoms with van der Waals surface area (Å²) in [7, 11) is 0. The Morgan fingerprint density at radius 2 is 1.13 bits per heavy atom. The van der Waals surface area contributed by atoms with Gasteiger partial charge in [0.15, 0.2) is 0 Å². The molecule has 254 valence electrons. The lowest BCUT2D eigenvalue weighted by Gasteiger charge is -2.30. The molecule has 1 heterocycles. The third kappa shape index (κ3) is 5.33. The molecule has 0 bridgehead atoms. The molecule has 1 aromatic heterocycles. The van der Waals surface area contributed by atoms with Crippen LogP contribution in [0.4, 0.5) is 11.4 Å². The van der Waals surface area contributed by atoms with E-state index in [1.165, 1.54) is 61.3 Å². The molecule has 0 aliphatic heterocycles. The molecule has 10 rings (SSSR count). The summed E-state index contributed by atoms with van der Waals surface area (Å²) in [5.41, 5.74) is 18.4. The molecule has 0 atom stereocenters. The standard InChI is InChI=1S/C51H39NO/c1-51(2)47-17-8-6-15-43(47)44-29-23-39(33-48(44)51)36-21-27-41(28-22-36)52(40-25-19-35(20-26-40)34-11-4-3-5-12-34)42-14-10-13-37(31-42)38-24-30-50-46(32-38)45-16-7-9-18-49(45)53-50/h3-19,21-25,27-33H,20,26H2,1-2H3. The molecule has 2 heteroatoms. The van der Waals surface area contributed by atoms with Gasteiger partial charge in [0.05, 0.1) is 0 Å². The number of nitrogens with zero attached hydrogens (tertiary/aromatic N) is 1. The first-order valence-electron chi connectivity index (χ1n) is 18.6. The van der Waals surface area contributed by atoms with Crippen LogP contribution in [0.25, 0.3) is 60.9 Å². The maximum absolute atomic E-state index is 6.15. The minimum atomic E-state index is -0.0293. The van der Waals surface area contributed by atoms with Crippen molar-refractivity contribution in [3.05, 3.63) is 198 Å². The number of anilines is 2. The summed E-state index contributed by atoms with van der Waals surface area (Å²) in [6, 6.07) is 59.6. The van der Waals surface area contributed by atoms with Gasteiger partial charge in [-0.15, -0.1) is 0 Å². The van der Waals surface area contributed by atoms with Crippen molar-refractivity contribution in [2.75, 3.05) is 4.90 Å². The van der Waals surface area contributed by atoms with Crippen molar-refractivity contribution >= 4 is 38.9 Å². The highest BCUT2D eigenvalue weighted by Crippen LogP contribution is 2.49. The topological polar surface area (TPSA) is 16.4 Å². The number of benzene rings is 7. The molecular formula is C51H39NO. The fraction of sp³-hybridized carbons (Fsp3) is 0.0980. The monoisotopic (exact) mass is 681 g/mol. The Morgan fingerprint density at radius 1 is 0.453 bits per heavy atom. The minimum absolute atomic E-state index is 0.0293. The van der Waals surface area contributed by atoms with Crippen molar-refractivity contribution in [1.82, 2.24) is 0 Å². The molecule has 0 spiro atoms. The van der Waals surface area contributed by atoms with Gasteiger partial charge in [-0.1, -0.05) is 135 Å². The van der Waals surface area contributed by atoms with Crippen LogP contribution in [0.1, 0.15) is 43.4 Å². The SMILES string of the molecule is CC1(C)c2ccccc2-c2ccc(-c3ccc(N(C4=CC=C(c5ccccc5)CC4)c4cccc(-c5ccc6oc7ccccc7c6c5)c4)cc3)cc21. The number of para-hydroxylation sites is 1. The summed E-state index contributed by atoms with van der Waals surface area (Å²) in [6.45, 7) is 4.70. The van der Waals surface area contributed by atoms with E-state index in [1.54, 1.807) is 0 Å². The lowest BCUT2D eigenvalue weighted by molar-refractivity contribution is 0.660. The molecule has 0 radical (unpaired) electrons. The second-order valence-corrected chi connectivity index (χ2v) is 14.9. The summed E-state index contributed by atoms with van der Waals surface area (Å²) in [6.07, 6.45) is 6.56. The van der Waals surface area contributed by atoms with Crippen LogP contribution in [0.5, 0.6) is 0 Å². The number of rotatable bonds is 6. The zero-order valence-corrected chi connectivity index (χ0v) is 30.0. The Morgan fingerprint density at radius 3 is 1.98 bits per heavy atom. The molecule has 0 fully saturated rings. The highest BCUT2D eigenvalue weighted by Gasteiger charge is 2.35. The third-order valence-corrected chi connectivity index (χ3v) is 11.4. The molecule has 0 saturated heterocycles. The Kier molecular flexibility index (Phi) is 7.33. The molecule has 53 heavy (non-hydrogen) atoms. The van der Waals surface area contributed by atoms with Gasteiger partial charge in [-0.05, 0) is 123 Å². The predicted octanol–water partition coefficient (Wildman–Crippen LogP) is 14.1. The van der Waals surface area contributed by atoms with Gasteiger partial charge in [0, 0.05) is 33.3 Å². The Bertz CT molecular complexity index is 2740. The average molecular weight is 682 g/mol. The predicted molar refractivity (Wildman–Crippen MR) is 222 cm³/mol. The fourth-order valence-corrected chi connectivity index (χ4v) is 8.60. The lowest BCUT2D eigenvalue weighted by Crippen LogP contribution is -2.18. The van der Waals surface area contributed by atoms with Gasteiger partial charge in [0.2, 0.25) is 0 Å². The largest absolute Gasteiger partial charge is 0.456 e. The second-order valence-electron chi connectivity index (χ2n) is 14.9. The van der Waals surface area contributed by atoms with E-state index < -0.39 is 0 Å². The van der Waals surface area contributed by atoms with Crippen LogP contribution in [-0.4, -0.2) is 0 Å². The van der Waals surface area contributed by atoms with Gasteiger partial charge in [-0.2, -0.15) is 0 Å². The van der Waals surface area contributed by atoms with Gasteiger partial charge in [0.25, 0.3) is 0 Å². The normalized spacial score (nSPS) is 14.5. The summed E-state index contributed by atoms with van der Waals surface area (Å²) < 4.78 is 6.15. The van der Waals surface area contributed by atoms with Gasteiger partial charge < -0.3 is 9.32 Å². The zero-order chi connectivity index (χ0) is 35.5. The highest BCUT2D eigenvalue weighted by atomic mass is 16.3. The summed E-state index contributed by atoms with van der Waals surface area (Å²) >= 11 is 0. The van der Waals surface area contributed by atoms with Crippen LogP contribution in [-0.2, 0) is 5.41 Å². The number of hydrogen-bond acceptors (Lipinski definition) is 2. The van der Waals surface area contributed by atoms with Crippen LogP contribution in [0.2, 0.25) is 0 Å². The molecule has 2 aliphatic rings. The molecule has 0 N–H and O–H groups in total. The maximum Gasteiger partial charge on any atom is 0.135 e. The van der Waals surface area contributed by atoms with Gasteiger partial charge >= 0.3 is 0 Å². The van der Waals surface area contributed by atoms with Crippen molar-refractivity contribution in [1.29, 1.82) is 0 Å². The van der Waals surface area contributed by atoms with E-state index >= 15 is 0 Å². The van der Waals surface area contributed by atoms with Crippen molar-refractivity contribution in [2.45, 2.75) is 32.1 Å². The first-order chi connectivity index (χ1) is 26.0. The van der Waals surface area contributed by atoms with Crippen molar-refractivity contribution in [3.63, 3.8) is 0 Å². The minimum Gasteiger partial charge on any atom is -0.456 e. The van der Waals surface area contributed by atoms with E-state index in [-0.39, 0.29) is 5.41 Å². The van der Waals surface area contributed by atoms with E-state index in [0.29, 0.717) is 0 Å². The first-order valence-corrected chi connectivity index (χ1v) is 18.6. The van der Waals surface area contributed by atoms with Gasteiger partial charge in [0.1, 0.15) is 11.2 Å². The van der Waals surface area contributed by atoms with Crippen LogP contribution < -0.4 is 4.90 Å². The number of hydrogen-bond donors (Lipinski definition) is 0. The molecule has 2 aliphatic carbocycles. The molecule has 0 unspecified atom stereocenters. The Balaban J connectivity index is 1.04. The van der Waals surface area contributed by atoms with E-state index in [9.17, 15) is 0 Å². The molecular weight excluding hydrogens is 643 g/mol. The van der Waals surface area contributed by atoms with E-state index in [1.807, 2.05) is 12.1 Å². The number of fused-ring (bicyclic) bond motifs is 6. The molecule has 0 amide bonds. The highest BCUT2D eigenvalue weighted by molar-refractivity contribution is 6.06. The van der Waals surface area contributed by atoms with Crippen molar-refractivity contribution < 1.29 is 4.42 Å². The zero-order valence-electron chi connectivity index (χ0n) is 30.0. The van der Waals surface area contributed by atoms with Gasteiger partial charge in [-0.3, -0.25) is 0 Å². The quantitative estimate of drug-likeness (QED) is 0.174. The fourth-order valence-electron chi connectivity index (χ4n) is 8.60. The molecule has 7 aromatic carbocycles. The number of allylic oxidation sites excluding steroid dienone is 4. The molecule has 8 aromatic rings. The average Bonchev–Trinajstić information content (AvgIpc) is 3.70. The molecule has 2 nitrogen and oxygen atoms in total. The summed E-state index contributed by atoms with van der Waals surface area (Å²) in [5.74, 6) is 0. The summed E-state index contributed by atoms with van der Waals surface area (Å²) in [4.78, 5) is 2.44. The number of furan rings is 1. The van der Waals surface area contributed by atoms with E-state index in [0.717, 1.165) is 46.2 Å². The first kappa shape index (κ1) is 31.4.